The van der Waals surface area contributed by atoms with Crippen LogP contribution in [0.15, 0.2) is 121 Å². The van der Waals surface area contributed by atoms with Gasteiger partial charge in [-0.1, -0.05) is 91.9 Å². The van der Waals surface area contributed by atoms with Gasteiger partial charge in [-0.3, -0.25) is 0 Å². The van der Waals surface area contributed by atoms with Crippen LogP contribution in [0.5, 0.6) is 0 Å². The van der Waals surface area contributed by atoms with Crippen molar-refractivity contribution in [2.24, 2.45) is 23.7 Å². The lowest BCUT2D eigenvalue weighted by Gasteiger charge is -2.65. The molecule has 2 heterocycles. The monoisotopic (exact) mass is 633 g/mol. The van der Waals surface area contributed by atoms with E-state index in [1.807, 2.05) is 48.5 Å². The highest BCUT2D eigenvalue weighted by Crippen LogP contribution is 2.67. The molecule has 0 aliphatic heterocycles. The fourth-order valence-corrected chi connectivity index (χ4v) is 9.72. The quantitative estimate of drug-likeness (QED) is 0.189. The van der Waals surface area contributed by atoms with Crippen molar-refractivity contribution in [1.82, 2.24) is 19.5 Å². The Morgan fingerprint density at radius 2 is 1.33 bits per heavy atom. The molecule has 0 N–H and O–H groups in total. The van der Waals surface area contributed by atoms with Crippen LogP contribution in [0.3, 0.4) is 0 Å². The number of fused-ring (bicyclic) bond motifs is 3. The molecule has 7 aromatic rings. The minimum Gasteiger partial charge on any atom is -0.308 e. The van der Waals surface area contributed by atoms with E-state index >= 15 is 0 Å². The molecule has 3 aliphatic rings. The highest BCUT2D eigenvalue weighted by atomic mass is 15.0. The van der Waals surface area contributed by atoms with Crippen LogP contribution in [0.25, 0.3) is 61.7 Å². The molecule has 236 valence electrons. The summed E-state index contributed by atoms with van der Waals surface area (Å²) in [6.07, 6.45) is 5.48. The second-order valence-corrected chi connectivity index (χ2v) is 14.8. The second kappa shape index (κ2) is 10.7. The minimum atomic E-state index is 0.192. The Kier molecular flexibility index (Phi) is 6.21. The van der Waals surface area contributed by atoms with E-state index < -0.39 is 0 Å². The molecular formula is C44H35N5. The van der Waals surface area contributed by atoms with E-state index in [4.69, 9.17) is 15.0 Å². The molecule has 5 heteroatoms. The molecule has 0 saturated heterocycles. The van der Waals surface area contributed by atoms with E-state index in [1.165, 1.54) is 47.5 Å². The zero-order chi connectivity index (χ0) is 32.7. The predicted molar refractivity (Wildman–Crippen MR) is 195 cm³/mol. The van der Waals surface area contributed by atoms with Crippen molar-refractivity contribution in [3.63, 3.8) is 0 Å². The second-order valence-electron chi connectivity index (χ2n) is 14.8. The van der Waals surface area contributed by atoms with E-state index in [-0.39, 0.29) is 5.41 Å². The summed E-state index contributed by atoms with van der Waals surface area (Å²) in [6, 6.07) is 44.2. The lowest BCUT2D eigenvalue weighted by atomic mass is 9.39. The molecule has 0 bridgehead atoms. The molecule has 5 aromatic carbocycles. The molecule has 0 spiro atoms. The minimum absolute atomic E-state index is 0.192. The molecule has 3 fully saturated rings. The van der Waals surface area contributed by atoms with Crippen molar-refractivity contribution < 1.29 is 0 Å². The van der Waals surface area contributed by atoms with Crippen LogP contribution >= 0.6 is 0 Å². The van der Waals surface area contributed by atoms with Crippen molar-refractivity contribution in [2.75, 3.05) is 0 Å². The first-order valence-corrected chi connectivity index (χ1v) is 17.5. The number of para-hydroxylation sites is 2. The van der Waals surface area contributed by atoms with Gasteiger partial charge in [-0.25, -0.2) is 15.0 Å². The summed E-state index contributed by atoms with van der Waals surface area (Å²) in [5.74, 6) is 5.57. The van der Waals surface area contributed by atoms with Gasteiger partial charge in [0.15, 0.2) is 17.5 Å². The third kappa shape index (κ3) is 4.40. The van der Waals surface area contributed by atoms with Crippen LogP contribution in [-0.2, 0) is 5.41 Å². The fraction of sp³-hybridized carbons (Fsp3) is 0.227. The van der Waals surface area contributed by atoms with Gasteiger partial charge in [0, 0.05) is 33.2 Å². The largest absolute Gasteiger partial charge is 0.308 e. The molecule has 5 nitrogen and oxygen atoms in total. The summed E-state index contributed by atoms with van der Waals surface area (Å²) >= 11 is 0. The summed E-state index contributed by atoms with van der Waals surface area (Å²) in [7, 11) is 0. The van der Waals surface area contributed by atoms with Crippen LogP contribution in [0.1, 0.15) is 43.7 Å². The molecule has 3 unspecified atom stereocenters. The molecule has 10 rings (SSSR count). The molecule has 2 aromatic heterocycles. The Balaban J connectivity index is 1.22. The highest BCUT2D eigenvalue weighted by molar-refractivity contribution is 6.13. The third-order valence-electron chi connectivity index (χ3n) is 11.9. The first-order valence-electron chi connectivity index (χ1n) is 17.5. The molecule has 49 heavy (non-hydrogen) atoms. The average molecular weight is 634 g/mol. The van der Waals surface area contributed by atoms with Gasteiger partial charge in [0.1, 0.15) is 0 Å². The summed E-state index contributed by atoms with van der Waals surface area (Å²) in [5.41, 5.74) is 8.27. The van der Waals surface area contributed by atoms with Gasteiger partial charge >= 0.3 is 0 Å². The Morgan fingerprint density at radius 1 is 0.653 bits per heavy atom. The number of benzene rings is 5. The lowest BCUT2D eigenvalue weighted by Crippen LogP contribution is -2.58. The summed E-state index contributed by atoms with van der Waals surface area (Å²) in [6.45, 7) is 2.52. The molecular weight excluding hydrogens is 599 g/mol. The standard InChI is InChI=1S/C44H35N5/c1-44(24-31-21-30-22-32(25-44)39(30)31)33-18-19-35-36-16-9-17-37(40(36)49(38(35)23-33)34-14-6-3-7-15-34)43-47-41(28-11-4-2-5-12-28)46-42(48-43)29-13-8-10-27(20-29)26-45/h2-20,23,30-32,39H,21-22,24-25H2,1H3/t30?,31-,32+,39?,44?. The lowest BCUT2D eigenvalue weighted by molar-refractivity contribution is -0.141. The Hall–Kier alpha value is -5.60. The maximum atomic E-state index is 9.66. The smallest absolute Gasteiger partial charge is 0.166 e. The molecule has 5 atom stereocenters. The van der Waals surface area contributed by atoms with Crippen LogP contribution in [0.4, 0.5) is 0 Å². The van der Waals surface area contributed by atoms with Crippen molar-refractivity contribution in [3.05, 3.63) is 132 Å². The highest BCUT2D eigenvalue weighted by Gasteiger charge is 2.59. The van der Waals surface area contributed by atoms with E-state index in [1.54, 1.807) is 6.07 Å². The van der Waals surface area contributed by atoms with Crippen LogP contribution in [0, 0.1) is 35.0 Å². The molecule has 3 saturated carbocycles. The maximum Gasteiger partial charge on any atom is 0.166 e. The number of hydrogen-bond donors (Lipinski definition) is 0. The number of nitrogens with zero attached hydrogens (tertiary/aromatic N) is 5. The first-order chi connectivity index (χ1) is 24.1. The number of rotatable bonds is 5. The van der Waals surface area contributed by atoms with E-state index in [9.17, 15) is 5.26 Å². The SMILES string of the molecule is CC1(c2ccc3c4cccc(-c5nc(-c6ccccc6)nc(-c6cccc(C#N)c6)n5)c4n(-c4ccccc4)c3c2)C[C@H]2CC3C[C@@H](C1)C32. The predicted octanol–water partition coefficient (Wildman–Crippen LogP) is 10.2. The Labute approximate surface area is 285 Å². The maximum absolute atomic E-state index is 9.66. The van der Waals surface area contributed by atoms with Crippen molar-refractivity contribution >= 4 is 21.8 Å². The zero-order valence-electron chi connectivity index (χ0n) is 27.4. The zero-order valence-corrected chi connectivity index (χ0v) is 27.4. The van der Waals surface area contributed by atoms with Crippen molar-refractivity contribution in [2.45, 2.75) is 38.0 Å². The van der Waals surface area contributed by atoms with Gasteiger partial charge in [0.05, 0.1) is 22.7 Å². The first kappa shape index (κ1) is 28.4. The van der Waals surface area contributed by atoms with Crippen LogP contribution in [-0.4, -0.2) is 19.5 Å². The third-order valence-corrected chi connectivity index (χ3v) is 11.9. The Bertz CT molecular complexity index is 2440. The molecule has 3 aliphatic carbocycles. The van der Waals surface area contributed by atoms with Crippen molar-refractivity contribution in [1.29, 1.82) is 5.26 Å². The van der Waals surface area contributed by atoms with E-state index in [0.29, 0.717) is 23.0 Å². The Morgan fingerprint density at radius 3 is 2.06 bits per heavy atom. The fourth-order valence-electron chi connectivity index (χ4n) is 9.72. The van der Waals surface area contributed by atoms with Gasteiger partial charge in [-0.15, -0.1) is 0 Å². The van der Waals surface area contributed by atoms with Gasteiger partial charge in [0.25, 0.3) is 0 Å². The van der Waals surface area contributed by atoms with E-state index in [2.05, 4.69) is 84.3 Å². The molecule has 0 radical (unpaired) electrons. The topological polar surface area (TPSA) is 67.4 Å². The van der Waals surface area contributed by atoms with Crippen molar-refractivity contribution in [3.8, 4) is 45.9 Å². The summed E-state index contributed by atoms with van der Waals surface area (Å²) < 4.78 is 2.42. The number of hydrogen-bond acceptors (Lipinski definition) is 4. The van der Waals surface area contributed by atoms with Crippen LogP contribution in [0.2, 0.25) is 0 Å². The van der Waals surface area contributed by atoms with E-state index in [0.717, 1.165) is 51.6 Å². The average Bonchev–Trinajstić information content (AvgIpc) is 3.47. The normalized spacial score (nSPS) is 23.8. The number of aromatic nitrogens is 4. The summed E-state index contributed by atoms with van der Waals surface area (Å²) in [5, 5.41) is 12.1. The summed E-state index contributed by atoms with van der Waals surface area (Å²) in [4.78, 5) is 15.2. The molecule has 0 amide bonds. The number of nitriles is 1. The van der Waals surface area contributed by atoms with Gasteiger partial charge < -0.3 is 4.57 Å². The van der Waals surface area contributed by atoms with Gasteiger partial charge in [-0.05, 0) is 96.7 Å². The van der Waals surface area contributed by atoms with Gasteiger partial charge in [-0.2, -0.15) is 5.26 Å². The van der Waals surface area contributed by atoms with Crippen LogP contribution < -0.4 is 0 Å². The van der Waals surface area contributed by atoms with Gasteiger partial charge in [0.2, 0.25) is 0 Å².